The molecule has 1 aliphatic rings. The molecule has 5 rings (SSSR count). The molecule has 0 unspecified atom stereocenters. The van der Waals surface area contributed by atoms with Crippen molar-refractivity contribution < 1.29 is 9.59 Å². The van der Waals surface area contributed by atoms with Crippen molar-refractivity contribution in [2.75, 3.05) is 10.2 Å². The molecule has 0 aromatic heterocycles. The minimum absolute atomic E-state index is 0.0466. The Morgan fingerprint density at radius 1 is 0.757 bits per heavy atom. The van der Waals surface area contributed by atoms with Crippen LogP contribution in [0.4, 0.5) is 11.4 Å². The standard InChI is InChI=1S/C32H29ClN2O2/c1-32(2,3)24-13-11-23(12-14-24)27-5-4-6-28-29(27)35(31(37)30(28)36)20-22-9-17-26(18-10-22)34-19-21-7-15-25(33)16-8-21/h4-18,34H,19-20H2,1-3H3. The predicted octanol–water partition coefficient (Wildman–Crippen LogP) is 7.65. The summed E-state index contributed by atoms with van der Waals surface area (Å²) in [7, 11) is 0. The molecule has 1 amide bonds. The average Bonchev–Trinajstić information content (AvgIpc) is 3.13. The normalized spacial score (nSPS) is 13.1. The number of ketones is 1. The summed E-state index contributed by atoms with van der Waals surface area (Å²) in [5.41, 5.74) is 7.36. The van der Waals surface area contributed by atoms with Gasteiger partial charge in [-0.25, -0.2) is 0 Å². The Morgan fingerprint density at radius 2 is 1.38 bits per heavy atom. The number of anilines is 2. The lowest BCUT2D eigenvalue weighted by Gasteiger charge is -2.22. The highest BCUT2D eigenvalue weighted by Gasteiger charge is 2.37. The number of nitrogens with one attached hydrogen (secondary N) is 1. The maximum Gasteiger partial charge on any atom is 0.299 e. The van der Waals surface area contributed by atoms with E-state index in [2.05, 4.69) is 50.4 Å². The molecule has 1 N–H and O–H groups in total. The Morgan fingerprint density at radius 3 is 2.03 bits per heavy atom. The lowest BCUT2D eigenvalue weighted by atomic mass is 9.86. The highest BCUT2D eigenvalue weighted by Crippen LogP contribution is 2.40. The first kappa shape index (κ1) is 24.8. The van der Waals surface area contributed by atoms with Crippen LogP contribution in [0.25, 0.3) is 11.1 Å². The van der Waals surface area contributed by atoms with Gasteiger partial charge in [-0.3, -0.25) is 14.5 Å². The van der Waals surface area contributed by atoms with E-state index in [-0.39, 0.29) is 5.41 Å². The Hall–Kier alpha value is -3.89. The number of hydrogen-bond donors (Lipinski definition) is 1. The summed E-state index contributed by atoms with van der Waals surface area (Å²) in [5, 5.41) is 4.12. The highest BCUT2D eigenvalue weighted by molar-refractivity contribution is 6.52. The largest absolute Gasteiger partial charge is 0.381 e. The van der Waals surface area contributed by atoms with Crippen molar-refractivity contribution in [3.05, 3.63) is 118 Å². The van der Waals surface area contributed by atoms with Gasteiger partial charge in [0.2, 0.25) is 0 Å². The molecule has 186 valence electrons. The molecule has 0 spiro atoms. The molecular weight excluding hydrogens is 480 g/mol. The maximum absolute atomic E-state index is 13.0. The predicted molar refractivity (Wildman–Crippen MR) is 151 cm³/mol. The van der Waals surface area contributed by atoms with Crippen LogP contribution in [0.15, 0.2) is 91.0 Å². The Kier molecular flexibility index (Phi) is 6.61. The van der Waals surface area contributed by atoms with Crippen molar-refractivity contribution >= 4 is 34.7 Å². The summed E-state index contributed by atoms with van der Waals surface area (Å²) >= 11 is 5.96. The van der Waals surface area contributed by atoms with E-state index in [4.69, 9.17) is 11.6 Å². The highest BCUT2D eigenvalue weighted by atomic mass is 35.5. The summed E-state index contributed by atoms with van der Waals surface area (Å²) in [6, 6.07) is 29.6. The van der Waals surface area contributed by atoms with Crippen molar-refractivity contribution in [2.24, 2.45) is 0 Å². The molecule has 0 bridgehead atoms. The minimum Gasteiger partial charge on any atom is -0.381 e. The van der Waals surface area contributed by atoms with Crippen LogP contribution in [0.1, 0.15) is 47.8 Å². The van der Waals surface area contributed by atoms with Gasteiger partial charge in [0.15, 0.2) is 0 Å². The van der Waals surface area contributed by atoms with Gasteiger partial charge in [0.1, 0.15) is 0 Å². The van der Waals surface area contributed by atoms with Crippen LogP contribution >= 0.6 is 11.6 Å². The van der Waals surface area contributed by atoms with Gasteiger partial charge in [0.25, 0.3) is 11.7 Å². The number of amides is 1. The quantitative estimate of drug-likeness (QED) is 0.272. The first-order valence-corrected chi connectivity index (χ1v) is 12.8. The van der Waals surface area contributed by atoms with Gasteiger partial charge >= 0.3 is 0 Å². The number of carbonyl (C=O) groups is 2. The van der Waals surface area contributed by atoms with Crippen molar-refractivity contribution in [1.82, 2.24) is 0 Å². The molecule has 0 radical (unpaired) electrons. The summed E-state index contributed by atoms with van der Waals surface area (Å²) < 4.78 is 0. The molecule has 37 heavy (non-hydrogen) atoms. The number of nitrogens with zero attached hydrogens (tertiary/aromatic N) is 1. The van der Waals surface area contributed by atoms with E-state index >= 15 is 0 Å². The van der Waals surface area contributed by atoms with Gasteiger partial charge < -0.3 is 5.32 Å². The molecule has 1 aliphatic heterocycles. The van der Waals surface area contributed by atoms with E-state index in [0.29, 0.717) is 24.3 Å². The number of hydrogen-bond acceptors (Lipinski definition) is 3. The number of carbonyl (C=O) groups excluding carboxylic acids is 2. The van der Waals surface area contributed by atoms with E-state index in [9.17, 15) is 9.59 Å². The van der Waals surface area contributed by atoms with E-state index in [1.807, 2.05) is 60.7 Å². The molecular formula is C32H29ClN2O2. The molecule has 4 nitrogen and oxygen atoms in total. The van der Waals surface area contributed by atoms with Gasteiger partial charge in [0, 0.05) is 22.8 Å². The lowest BCUT2D eigenvalue weighted by molar-refractivity contribution is -0.114. The zero-order valence-electron chi connectivity index (χ0n) is 21.2. The van der Waals surface area contributed by atoms with Crippen molar-refractivity contribution in [2.45, 2.75) is 39.3 Å². The zero-order valence-corrected chi connectivity index (χ0v) is 22.0. The minimum atomic E-state index is -0.487. The number of para-hydroxylation sites is 1. The van der Waals surface area contributed by atoms with Gasteiger partial charge in [-0.1, -0.05) is 93.0 Å². The molecule has 0 aliphatic carbocycles. The summed E-state index contributed by atoms with van der Waals surface area (Å²) in [6.07, 6.45) is 0. The molecule has 0 saturated heterocycles. The fraction of sp³-hybridized carbons (Fsp3) is 0.188. The fourth-order valence-corrected chi connectivity index (χ4v) is 4.73. The number of Topliss-reactive ketones (excluding diaryl/α,β-unsaturated/α-hetero) is 1. The van der Waals surface area contributed by atoms with Gasteiger partial charge in [-0.2, -0.15) is 0 Å². The van der Waals surface area contributed by atoms with Crippen LogP contribution in [0, 0.1) is 0 Å². The SMILES string of the molecule is CC(C)(C)c1ccc(-c2cccc3c2N(Cc2ccc(NCc4ccc(Cl)cc4)cc2)C(=O)C3=O)cc1. The van der Waals surface area contributed by atoms with Crippen LogP contribution in [-0.2, 0) is 23.3 Å². The number of rotatable bonds is 6. The number of fused-ring (bicyclic) bond motifs is 1. The van der Waals surface area contributed by atoms with Crippen molar-refractivity contribution in [3.63, 3.8) is 0 Å². The van der Waals surface area contributed by atoms with Gasteiger partial charge in [-0.05, 0) is 58.0 Å². The first-order valence-electron chi connectivity index (χ1n) is 12.4. The first-order chi connectivity index (χ1) is 17.7. The molecule has 0 fully saturated rings. The third-order valence-electron chi connectivity index (χ3n) is 6.76. The summed E-state index contributed by atoms with van der Waals surface area (Å²) in [4.78, 5) is 27.5. The van der Waals surface area contributed by atoms with Crippen LogP contribution in [0.2, 0.25) is 5.02 Å². The molecule has 5 heteroatoms. The molecule has 4 aromatic rings. The maximum atomic E-state index is 13.0. The van der Waals surface area contributed by atoms with E-state index < -0.39 is 11.7 Å². The number of benzene rings is 4. The monoisotopic (exact) mass is 508 g/mol. The molecule has 0 atom stereocenters. The zero-order chi connectivity index (χ0) is 26.2. The van der Waals surface area contributed by atoms with Crippen LogP contribution in [0.5, 0.6) is 0 Å². The smallest absolute Gasteiger partial charge is 0.299 e. The summed E-state index contributed by atoms with van der Waals surface area (Å²) in [5.74, 6) is -0.942. The molecule has 0 saturated carbocycles. The third-order valence-corrected chi connectivity index (χ3v) is 7.01. The second-order valence-electron chi connectivity index (χ2n) is 10.4. The molecule has 1 heterocycles. The molecule has 4 aromatic carbocycles. The van der Waals surface area contributed by atoms with Crippen LogP contribution < -0.4 is 10.2 Å². The van der Waals surface area contributed by atoms with Gasteiger partial charge in [0.05, 0.1) is 17.8 Å². The van der Waals surface area contributed by atoms with E-state index in [0.717, 1.165) is 33.0 Å². The number of halogens is 1. The second kappa shape index (κ2) is 9.87. The van der Waals surface area contributed by atoms with Crippen molar-refractivity contribution in [1.29, 1.82) is 0 Å². The average molecular weight is 509 g/mol. The topological polar surface area (TPSA) is 49.4 Å². The van der Waals surface area contributed by atoms with E-state index in [1.54, 1.807) is 11.0 Å². The van der Waals surface area contributed by atoms with E-state index in [1.165, 1.54) is 5.56 Å². The van der Waals surface area contributed by atoms with Gasteiger partial charge in [-0.15, -0.1) is 0 Å². The Bertz CT molecular complexity index is 1450. The van der Waals surface area contributed by atoms with Crippen LogP contribution in [-0.4, -0.2) is 11.7 Å². The third kappa shape index (κ3) is 5.16. The van der Waals surface area contributed by atoms with Crippen LogP contribution in [0.3, 0.4) is 0 Å². The Balaban J connectivity index is 1.38. The lowest BCUT2D eigenvalue weighted by Crippen LogP contribution is -2.29. The summed E-state index contributed by atoms with van der Waals surface area (Å²) in [6.45, 7) is 7.55. The fourth-order valence-electron chi connectivity index (χ4n) is 4.61. The Labute approximate surface area is 222 Å². The van der Waals surface area contributed by atoms with Crippen molar-refractivity contribution in [3.8, 4) is 11.1 Å². The second-order valence-corrected chi connectivity index (χ2v) is 10.9.